The normalized spacial score (nSPS) is 18.6. The van der Waals surface area contributed by atoms with Gasteiger partial charge in [-0.3, -0.25) is 0 Å². The molecule has 0 aromatic carbocycles. The Morgan fingerprint density at radius 2 is 2.27 bits per heavy atom. The van der Waals surface area contributed by atoms with Gasteiger partial charge in [0.2, 0.25) is 0 Å². The van der Waals surface area contributed by atoms with Crippen molar-refractivity contribution in [2.75, 3.05) is 18.0 Å². The van der Waals surface area contributed by atoms with Crippen molar-refractivity contribution >= 4 is 28.8 Å². The number of halogens is 1. The van der Waals surface area contributed by atoms with Gasteiger partial charge in [0.1, 0.15) is 5.82 Å². The Kier molecular flexibility index (Phi) is 5.31. The lowest BCUT2D eigenvalue weighted by molar-refractivity contribution is 0.154. The molecule has 1 aliphatic rings. The number of β-amino-alcohol motifs (C(OH)–C–C–N with tert-alkyl or cyclic N) is 1. The number of nitrogens with zero attached hydrogens (tertiary/aromatic N) is 2. The van der Waals surface area contributed by atoms with E-state index in [1.165, 1.54) is 10.4 Å². The second-order valence-electron chi connectivity index (χ2n) is 5.54. The molecule has 4 nitrogen and oxygen atoms in total. The lowest BCUT2D eigenvalue weighted by Crippen LogP contribution is -2.39. The van der Waals surface area contributed by atoms with E-state index in [0.29, 0.717) is 6.54 Å². The number of hydrogen-bond donors (Lipinski definition) is 2. The number of aliphatic hydroxyl groups is 1. The molecular formula is C16H20ClN3OS. The quantitative estimate of drug-likeness (QED) is 0.880. The monoisotopic (exact) mass is 337 g/mol. The largest absolute Gasteiger partial charge is 0.391 e. The molecule has 0 spiro atoms. The van der Waals surface area contributed by atoms with Crippen molar-refractivity contribution in [2.24, 2.45) is 0 Å². The molecular weight excluding hydrogens is 318 g/mol. The van der Waals surface area contributed by atoms with Crippen molar-refractivity contribution in [3.05, 3.63) is 45.2 Å². The number of rotatable bonds is 5. The van der Waals surface area contributed by atoms with E-state index in [1.807, 2.05) is 24.4 Å². The minimum Gasteiger partial charge on any atom is -0.391 e. The highest BCUT2D eigenvalue weighted by Gasteiger charge is 2.20. The van der Waals surface area contributed by atoms with Gasteiger partial charge in [0.15, 0.2) is 0 Å². The molecule has 0 bridgehead atoms. The Bertz CT molecular complexity index is 619. The Hall–Kier alpha value is -1.14. The molecule has 0 saturated carbocycles. The van der Waals surface area contributed by atoms with Gasteiger partial charge in [-0.1, -0.05) is 17.7 Å². The van der Waals surface area contributed by atoms with Crippen molar-refractivity contribution in [2.45, 2.75) is 32.0 Å². The molecule has 2 aromatic rings. The molecule has 3 heterocycles. The van der Waals surface area contributed by atoms with E-state index in [-0.39, 0.29) is 6.10 Å². The van der Waals surface area contributed by atoms with Crippen molar-refractivity contribution in [1.82, 2.24) is 10.3 Å². The van der Waals surface area contributed by atoms with Crippen LogP contribution in [-0.2, 0) is 13.1 Å². The second-order valence-corrected chi connectivity index (χ2v) is 7.34. The predicted molar refractivity (Wildman–Crippen MR) is 91.6 cm³/mol. The van der Waals surface area contributed by atoms with Crippen LogP contribution >= 0.6 is 22.9 Å². The third kappa shape index (κ3) is 3.98. The third-order valence-corrected chi connectivity index (χ3v) is 5.04. The maximum atomic E-state index is 9.86. The van der Waals surface area contributed by atoms with Gasteiger partial charge in [-0.25, -0.2) is 4.98 Å². The standard InChI is InChI=1S/C16H20ClN3OS/c17-15-6-5-14(22-15)10-18-9-12-3-1-7-19-16(12)20-8-2-4-13(21)11-20/h1,3,5-7,13,18,21H,2,4,8-11H2/t13-/m0/s1. The van der Waals surface area contributed by atoms with Crippen LogP contribution in [0.5, 0.6) is 0 Å². The van der Waals surface area contributed by atoms with E-state index in [2.05, 4.69) is 21.3 Å². The number of pyridine rings is 1. The first-order valence-electron chi connectivity index (χ1n) is 7.54. The molecule has 0 unspecified atom stereocenters. The Morgan fingerprint density at radius 1 is 1.36 bits per heavy atom. The molecule has 0 aliphatic carbocycles. The molecule has 2 N–H and O–H groups in total. The molecule has 3 rings (SSSR count). The lowest BCUT2D eigenvalue weighted by Gasteiger charge is -2.32. The van der Waals surface area contributed by atoms with E-state index in [0.717, 1.165) is 42.6 Å². The molecule has 118 valence electrons. The van der Waals surface area contributed by atoms with E-state index in [9.17, 15) is 5.11 Å². The molecule has 1 fully saturated rings. The molecule has 0 amide bonds. The zero-order chi connectivity index (χ0) is 15.4. The highest BCUT2D eigenvalue weighted by molar-refractivity contribution is 7.16. The Morgan fingerprint density at radius 3 is 3.05 bits per heavy atom. The van der Waals surface area contributed by atoms with E-state index in [4.69, 9.17) is 11.6 Å². The number of anilines is 1. The second kappa shape index (κ2) is 7.42. The lowest BCUT2D eigenvalue weighted by atomic mass is 10.1. The fraction of sp³-hybridized carbons (Fsp3) is 0.438. The maximum absolute atomic E-state index is 9.86. The van der Waals surface area contributed by atoms with Crippen LogP contribution in [0.15, 0.2) is 30.5 Å². The number of nitrogens with one attached hydrogen (secondary N) is 1. The first-order chi connectivity index (χ1) is 10.7. The SMILES string of the molecule is O[C@H]1CCCN(c2ncccc2CNCc2ccc(Cl)s2)C1. The minimum atomic E-state index is -0.246. The van der Waals surface area contributed by atoms with Gasteiger partial charge in [-0.15, -0.1) is 11.3 Å². The summed E-state index contributed by atoms with van der Waals surface area (Å²) in [7, 11) is 0. The van der Waals surface area contributed by atoms with Gasteiger partial charge in [0.05, 0.1) is 10.4 Å². The van der Waals surface area contributed by atoms with Crippen LogP contribution in [0.1, 0.15) is 23.3 Å². The number of piperidine rings is 1. The van der Waals surface area contributed by atoms with Crippen molar-refractivity contribution in [3.8, 4) is 0 Å². The van der Waals surface area contributed by atoms with Crippen LogP contribution in [0.2, 0.25) is 4.34 Å². The zero-order valence-corrected chi connectivity index (χ0v) is 13.9. The first kappa shape index (κ1) is 15.7. The summed E-state index contributed by atoms with van der Waals surface area (Å²) in [4.78, 5) is 7.94. The average Bonchev–Trinajstić information content (AvgIpc) is 2.93. The summed E-state index contributed by atoms with van der Waals surface area (Å²) in [5.41, 5.74) is 1.17. The van der Waals surface area contributed by atoms with Crippen LogP contribution in [0.25, 0.3) is 0 Å². The summed E-state index contributed by atoms with van der Waals surface area (Å²) >= 11 is 7.55. The first-order valence-corrected chi connectivity index (χ1v) is 8.73. The van der Waals surface area contributed by atoms with Crippen molar-refractivity contribution in [3.63, 3.8) is 0 Å². The fourth-order valence-corrected chi connectivity index (χ4v) is 3.82. The highest BCUT2D eigenvalue weighted by atomic mass is 35.5. The number of aromatic nitrogens is 1. The Balaban J connectivity index is 1.63. The van der Waals surface area contributed by atoms with Crippen LogP contribution < -0.4 is 10.2 Å². The minimum absolute atomic E-state index is 0.246. The summed E-state index contributed by atoms with van der Waals surface area (Å²) in [5, 5.41) is 13.3. The molecule has 22 heavy (non-hydrogen) atoms. The predicted octanol–water partition coefficient (Wildman–Crippen LogP) is 3.05. The summed E-state index contributed by atoms with van der Waals surface area (Å²) in [5.74, 6) is 0.984. The van der Waals surface area contributed by atoms with E-state index in [1.54, 1.807) is 11.3 Å². The van der Waals surface area contributed by atoms with Gasteiger partial charge >= 0.3 is 0 Å². The number of aliphatic hydroxyl groups excluding tert-OH is 1. The maximum Gasteiger partial charge on any atom is 0.133 e. The summed E-state index contributed by atoms with van der Waals surface area (Å²) in [6.07, 6.45) is 3.47. The topological polar surface area (TPSA) is 48.4 Å². The van der Waals surface area contributed by atoms with Crippen molar-refractivity contribution in [1.29, 1.82) is 0 Å². The summed E-state index contributed by atoms with van der Waals surface area (Å²) < 4.78 is 0.821. The molecule has 6 heteroatoms. The van der Waals surface area contributed by atoms with E-state index < -0.39 is 0 Å². The van der Waals surface area contributed by atoms with Crippen LogP contribution in [0.4, 0.5) is 5.82 Å². The summed E-state index contributed by atoms with van der Waals surface area (Å²) in [6.45, 7) is 3.19. The van der Waals surface area contributed by atoms with Gasteiger partial charge in [0, 0.05) is 42.8 Å². The highest BCUT2D eigenvalue weighted by Crippen LogP contribution is 2.23. The van der Waals surface area contributed by atoms with Crippen LogP contribution in [0.3, 0.4) is 0 Å². The summed E-state index contributed by atoms with van der Waals surface area (Å²) in [6, 6.07) is 8.03. The van der Waals surface area contributed by atoms with E-state index >= 15 is 0 Å². The third-order valence-electron chi connectivity index (χ3n) is 3.81. The Labute approximate surface area is 139 Å². The smallest absolute Gasteiger partial charge is 0.133 e. The fourth-order valence-electron chi connectivity index (χ4n) is 2.77. The molecule has 1 saturated heterocycles. The van der Waals surface area contributed by atoms with Crippen LogP contribution in [-0.4, -0.2) is 29.3 Å². The molecule has 0 radical (unpaired) electrons. The van der Waals surface area contributed by atoms with Gasteiger partial charge in [-0.05, 0) is 31.0 Å². The van der Waals surface area contributed by atoms with Crippen molar-refractivity contribution < 1.29 is 5.11 Å². The van der Waals surface area contributed by atoms with Gasteiger partial charge in [0.25, 0.3) is 0 Å². The zero-order valence-electron chi connectivity index (χ0n) is 12.3. The molecule has 1 aliphatic heterocycles. The molecule has 2 aromatic heterocycles. The van der Waals surface area contributed by atoms with Gasteiger partial charge < -0.3 is 15.3 Å². The van der Waals surface area contributed by atoms with Gasteiger partial charge in [-0.2, -0.15) is 0 Å². The molecule has 1 atom stereocenters. The van der Waals surface area contributed by atoms with Crippen LogP contribution in [0, 0.1) is 0 Å². The number of thiophene rings is 1. The number of hydrogen-bond acceptors (Lipinski definition) is 5. The average molecular weight is 338 g/mol.